The summed E-state index contributed by atoms with van der Waals surface area (Å²) in [4.78, 5) is 26.3. The van der Waals surface area contributed by atoms with E-state index < -0.39 is 0 Å². The Morgan fingerprint density at radius 3 is 2.43 bits per heavy atom. The Morgan fingerprint density at radius 2 is 1.81 bits per heavy atom. The molecule has 1 aromatic rings. The van der Waals surface area contributed by atoms with E-state index in [9.17, 15) is 9.59 Å². The molecule has 1 atom stereocenters. The highest BCUT2D eigenvalue weighted by atomic mass is 16.2. The summed E-state index contributed by atoms with van der Waals surface area (Å²) < 4.78 is 0. The Kier molecular flexibility index (Phi) is 4.23. The third-order valence-corrected chi connectivity index (χ3v) is 4.30. The fourth-order valence-corrected chi connectivity index (χ4v) is 2.84. The van der Waals surface area contributed by atoms with Crippen LogP contribution in [0.5, 0.6) is 0 Å². The molecule has 2 aliphatic rings. The highest BCUT2D eigenvalue weighted by Gasteiger charge is 2.32. The van der Waals surface area contributed by atoms with Crippen LogP contribution < -0.4 is 5.32 Å². The zero-order chi connectivity index (χ0) is 14.7. The molecule has 0 aromatic heterocycles. The SMILES string of the molecule is O=C(NC(CC(=O)N1CCCC1)c1ccccc1)C1CC1. The summed E-state index contributed by atoms with van der Waals surface area (Å²) in [5, 5.41) is 3.06. The van der Waals surface area contributed by atoms with Crippen LogP contribution in [-0.4, -0.2) is 29.8 Å². The van der Waals surface area contributed by atoms with Crippen molar-refractivity contribution >= 4 is 11.8 Å². The first-order chi connectivity index (χ1) is 10.2. The van der Waals surface area contributed by atoms with Gasteiger partial charge in [-0.05, 0) is 31.2 Å². The Hall–Kier alpha value is -1.84. The lowest BCUT2D eigenvalue weighted by Crippen LogP contribution is -2.35. The summed E-state index contributed by atoms with van der Waals surface area (Å²) in [5.74, 6) is 0.411. The molecule has 1 saturated carbocycles. The average molecular weight is 286 g/mol. The van der Waals surface area contributed by atoms with Crippen LogP contribution in [0, 0.1) is 5.92 Å². The van der Waals surface area contributed by atoms with Gasteiger partial charge in [0.1, 0.15) is 0 Å². The molecule has 4 heteroatoms. The molecule has 0 bridgehead atoms. The molecule has 1 aliphatic carbocycles. The van der Waals surface area contributed by atoms with Gasteiger partial charge in [-0.3, -0.25) is 9.59 Å². The first-order valence-corrected chi connectivity index (χ1v) is 7.87. The van der Waals surface area contributed by atoms with E-state index in [1.54, 1.807) is 0 Å². The van der Waals surface area contributed by atoms with Crippen molar-refractivity contribution in [3.8, 4) is 0 Å². The van der Waals surface area contributed by atoms with Gasteiger partial charge >= 0.3 is 0 Å². The molecule has 1 N–H and O–H groups in total. The number of carbonyl (C=O) groups excluding carboxylic acids is 2. The molecule has 21 heavy (non-hydrogen) atoms. The van der Waals surface area contributed by atoms with Gasteiger partial charge in [-0.1, -0.05) is 30.3 Å². The third-order valence-electron chi connectivity index (χ3n) is 4.30. The Labute approximate surface area is 125 Å². The molecular weight excluding hydrogens is 264 g/mol. The monoisotopic (exact) mass is 286 g/mol. The predicted octanol–water partition coefficient (Wildman–Crippen LogP) is 2.27. The van der Waals surface area contributed by atoms with Crippen LogP contribution >= 0.6 is 0 Å². The first kappa shape index (κ1) is 14.1. The van der Waals surface area contributed by atoms with Gasteiger partial charge in [0.05, 0.1) is 12.5 Å². The van der Waals surface area contributed by atoms with Crippen LogP contribution in [0.15, 0.2) is 30.3 Å². The van der Waals surface area contributed by atoms with Crippen LogP contribution in [0.2, 0.25) is 0 Å². The normalized spacial score (nSPS) is 19.3. The van der Waals surface area contributed by atoms with Gasteiger partial charge in [0.25, 0.3) is 0 Å². The fraction of sp³-hybridized carbons (Fsp3) is 0.529. The van der Waals surface area contributed by atoms with Crippen molar-refractivity contribution in [3.63, 3.8) is 0 Å². The smallest absolute Gasteiger partial charge is 0.224 e. The summed E-state index contributed by atoms with van der Waals surface area (Å²) in [6.45, 7) is 1.72. The molecule has 1 heterocycles. The minimum atomic E-state index is -0.201. The molecule has 1 aromatic carbocycles. The standard InChI is InChI=1S/C17H22N2O2/c20-16(19-10-4-5-11-19)12-15(13-6-2-1-3-7-13)18-17(21)14-8-9-14/h1-3,6-7,14-15H,4-5,8-12H2,(H,18,21). The van der Waals surface area contributed by atoms with E-state index in [2.05, 4.69) is 5.32 Å². The van der Waals surface area contributed by atoms with Gasteiger partial charge in [0.15, 0.2) is 0 Å². The van der Waals surface area contributed by atoms with E-state index in [1.807, 2.05) is 35.2 Å². The number of carbonyl (C=O) groups is 2. The highest BCUT2D eigenvalue weighted by molar-refractivity contribution is 5.83. The van der Waals surface area contributed by atoms with Crippen molar-refractivity contribution < 1.29 is 9.59 Å². The lowest BCUT2D eigenvalue weighted by Gasteiger charge is -2.22. The van der Waals surface area contributed by atoms with Crippen LogP contribution in [0.1, 0.15) is 43.7 Å². The van der Waals surface area contributed by atoms with Gasteiger partial charge in [0.2, 0.25) is 11.8 Å². The second-order valence-corrected chi connectivity index (χ2v) is 6.04. The number of benzene rings is 1. The summed E-state index contributed by atoms with van der Waals surface area (Å²) in [6.07, 6.45) is 4.51. The maximum absolute atomic E-state index is 12.4. The second kappa shape index (κ2) is 6.29. The second-order valence-electron chi connectivity index (χ2n) is 6.04. The lowest BCUT2D eigenvalue weighted by atomic mass is 10.0. The van der Waals surface area contributed by atoms with E-state index in [-0.39, 0.29) is 23.8 Å². The lowest BCUT2D eigenvalue weighted by molar-refractivity contribution is -0.131. The number of nitrogens with zero attached hydrogens (tertiary/aromatic N) is 1. The summed E-state index contributed by atoms with van der Waals surface area (Å²) >= 11 is 0. The van der Waals surface area contributed by atoms with Crippen molar-refractivity contribution in [1.82, 2.24) is 10.2 Å². The Bertz CT molecular complexity index is 505. The molecule has 1 unspecified atom stereocenters. The van der Waals surface area contributed by atoms with Crippen molar-refractivity contribution in [2.75, 3.05) is 13.1 Å². The molecule has 0 radical (unpaired) electrons. The fourth-order valence-electron chi connectivity index (χ4n) is 2.84. The van der Waals surface area contributed by atoms with Crippen molar-refractivity contribution in [3.05, 3.63) is 35.9 Å². The quantitative estimate of drug-likeness (QED) is 0.902. The van der Waals surface area contributed by atoms with Gasteiger partial charge in [0, 0.05) is 19.0 Å². The first-order valence-electron chi connectivity index (χ1n) is 7.87. The maximum atomic E-state index is 12.4. The van der Waals surface area contributed by atoms with E-state index in [0.717, 1.165) is 44.3 Å². The molecule has 3 rings (SSSR count). The summed E-state index contributed by atoms with van der Waals surface area (Å²) in [6, 6.07) is 9.61. The zero-order valence-electron chi connectivity index (χ0n) is 12.3. The number of nitrogens with one attached hydrogen (secondary N) is 1. The van der Waals surface area contributed by atoms with Crippen molar-refractivity contribution in [2.45, 2.75) is 38.1 Å². The van der Waals surface area contributed by atoms with Crippen LogP contribution in [0.3, 0.4) is 0 Å². The van der Waals surface area contributed by atoms with E-state index in [1.165, 1.54) is 0 Å². The average Bonchev–Trinajstić information content (AvgIpc) is 3.22. The van der Waals surface area contributed by atoms with E-state index in [0.29, 0.717) is 6.42 Å². The Morgan fingerprint density at radius 1 is 1.14 bits per heavy atom. The topological polar surface area (TPSA) is 49.4 Å². The van der Waals surface area contributed by atoms with Gasteiger partial charge < -0.3 is 10.2 Å². The molecule has 1 saturated heterocycles. The molecular formula is C17H22N2O2. The molecule has 2 amide bonds. The minimum absolute atomic E-state index is 0.0954. The molecule has 112 valence electrons. The number of rotatable bonds is 5. The minimum Gasteiger partial charge on any atom is -0.349 e. The summed E-state index contributed by atoms with van der Waals surface area (Å²) in [5.41, 5.74) is 1.01. The largest absolute Gasteiger partial charge is 0.349 e. The number of likely N-dealkylation sites (tertiary alicyclic amines) is 1. The number of amides is 2. The van der Waals surface area contributed by atoms with Gasteiger partial charge in [-0.2, -0.15) is 0 Å². The summed E-state index contributed by atoms with van der Waals surface area (Å²) in [7, 11) is 0. The third kappa shape index (κ3) is 3.63. The highest BCUT2D eigenvalue weighted by Crippen LogP contribution is 2.30. The number of hydrogen-bond donors (Lipinski definition) is 1. The molecule has 2 fully saturated rings. The van der Waals surface area contributed by atoms with E-state index >= 15 is 0 Å². The van der Waals surface area contributed by atoms with Crippen LogP contribution in [0.4, 0.5) is 0 Å². The van der Waals surface area contributed by atoms with E-state index in [4.69, 9.17) is 0 Å². The maximum Gasteiger partial charge on any atom is 0.224 e. The predicted molar refractivity (Wildman–Crippen MR) is 80.5 cm³/mol. The van der Waals surface area contributed by atoms with Crippen molar-refractivity contribution in [1.29, 1.82) is 0 Å². The van der Waals surface area contributed by atoms with Crippen LogP contribution in [-0.2, 0) is 9.59 Å². The van der Waals surface area contributed by atoms with Crippen molar-refractivity contribution in [2.24, 2.45) is 5.92 Å². The molecule has 1 aliphatic heterocycles. The Balaban J connectivity index is 1.68. The number of hydrogen-bond acceptors (Lipinski definition) is 2. The zero-order valence-corrected chi connectivity index (χ0v) is 12.3. The van der Waals surface area contributed by atoms with Gasteiger partial charge in [-0.15, -0.1) is 0 Å². The van der Waals surface area contributed by atoms with Crippen LogP contribution in [0.25, 0.3) is 0 Å². The molecule has 4 nitrogen and oxygen atoms in total. The molecule has 0 spiro atoms. The van der Waals surface area contributed by atoms with Gasteiger partial charge in [-0.25, -0.2) is 0 Å².